The van der Waals surface area contributed by atoms with Crippen LogP contribution in [-0.4, -0.2) is 37.6 Å². The third-order valence-corrected chi connectivity index (χ3v) is 6.07. The number of tetrazole rings is 1. The Labute approximate surface area is 171 Å². The number of benzene rings is 2. The molecule has 3 aromatic rings. The predicted octanol–water partition coefficient (Wildman–Crippen LogP) is 4.55. The Balaban J connectivity index is 1.55. The summed E-state index contributed by atoms with van der Waals surface area (Å²) in [6.07, 6.45) is 0.999. The minimum absolute atomic E-state index is 0.116. The second-order valence-electron chi connectivity index (χ2n) is 5.59. The van der Waals surface area contributed by atoms with Crippen LogP contribution in [0.1, 0.15) is 13.3 Å². The van der Waals surface area contributed by atoms with Crippen molar-refractivity contribution in [2.45, 2.75) is 23.4 Å². The van der Waals surface area contributed by atoms with Gasteiger partial charge in [0.2, 0.25) is 11.1 Å². The fraction of sp³-hybridized carbons (Fsp3) is 0.222. The molecule has 0 saturated carbocycles. The minimum Gasteiger partial charge on any atom is -0.326 e. The highest BCUT2D eigenvalue weighted by molar-refractivity contribution is 8.00. The van der Waals surface area contributed by atoms with Crippen molar-refractivity contribution in [1.82, 2.24) is 20.2 Å². The second-order valence-corrected chi connectivity index (χ2v) is 8.19. The van der Waals surface area contributed by atoms with Crippen molar-refractivity contribution in [1.29, 1.82) is 0 Å². The quantitative estimate of drug-likeness (QED) is 0.426. The fourth-order valence-corrected chi connectivity index (χ4v) is 4.52. The average molecular weight is 420 g/mol. The van der Waals surface area contributed by atoms with E-state index in [1.165, 1.54) is 6.92 Å². The van der Waals surface area contributed by atoms with Gasteiger partial charge in [-0.3, -0.25) is 4.79 Å². The molecule has 6 nitrogen and oxygen atoms in total. The van der Waals surface area contributed by atoms with E-state index in [1.807, 2.05) is 48.5 Å². The van der Waals surface area contributed by atoms with Crippen molar-refractivity contribution in [3.63, 3.8) is 0 Å². The zero-order valence-corrected chi connectivity index (χ0v) is 17.0. The summed E-state index contributed by atoms with van der Waals surface area (Å²) in [5, 5.41) is 16.2. The van der Waals surface area contributed by atoms with E-state index in [4.69, 9.17) is 11.6 Å². The molecule has 0 aliphatic carbocycles. The highest BCUT2D eigenvalue weighted by Gasteiger charge is 2.10. The summed E-state index contributed by atoms with van der Waals surface area (Å²) >= 11 is 9.52. The summed E-state index contributed by atoms with van der Waals surface area (Å²) in [5.41, 5.74) is 1.52. The minimum atomic E-state index is -0.116. The number of nitrogens with one attached hydrogen (secondary N) is 1. The lowest BCUT2D eigenvalue weighted by atomic mass is 10.3. The maximum atomic E-state index is 11.2. The Morgan fingerprint density at radius 3 is 2.78 bits per heavy atom. The third-order valence-electron chi connectivity index (χ3n) is 3.47. The van der Waals surface area contributed by atoms with E-state index in [9.17, 15) is 4.79 Å². The first kappa shape index (κ1) is 19.7. The van der Waals surface area contributed by atoms with Crippen LogP contribution in [0.2, 0.25) is 5.02 Å². The maximum Gasteiger partial charge on any atom is 0.221 e. The first-order chi connectivity index (χ1) is 13.1. The van der Waals surface area contributed by atoms with Gasteiger partial charge in [-0.25, -0.2) is 0 Å². The second kappa shape index (κ2) is 9.77. The number of anilines is 1. The first-order valence-electron chi connectivity index (χ1n) is 8.30. The van der Waals surface area contributed by atoms with Crippen LogP contribution in [0.15, 0.2) is 58.6 Å². The lowest BCUT2D eigenvalue weighted by Gasteiger charge is -2.07. The lowest BCUT2D eigenvalue weighted by Crippen LogP contribution is -2.07. The standard InChI is InChI=1S/C18H18ClN5OS2/c1-13(25)20-14-6-4-7-15(12-14)24-18(21-22-23-24)27-11-5-10-26-17-9-3-2-8-16(17)19/h2-4,6-9,12H,5,10-11H2,1H3,(H,20,25). The van der Waals surface area contributed by atoms with Crippen molar-refractivity contribution < 1.29 is 4.79 Å². The molecule has 3 rings (SSSR count). The molecule has 1 aromatic heterocycles. The van der Waals surface area contributed by atoms with Crippen molar-refractivity contribution in [2.75, 3.05) is 16.8 Å². The van der Waals surface area contributed by atoms with Gasteiger partial charge in [0, 0.05) is 23.3 Å². The number of carbonyl (C=O) groups excluding carboxylic acids is 1. The fourth-order valence-electron chi connectivity index (χ4n) is 2.32. The molecule has 0 fully saturated rings. The van der Waals surface area contributed by atoms with E-state index in [2.05, 4.69) is 20.8 Å². The molecule has 1 amide bonds. The van der Waals surface area contributed by atoms with Crippen molar-refractivity contribution in [2.24, 2.45) is 0 Å². The third kappa shape index (κ3) is 5.72. The maximum absolute atomic E-state index is 11.2. The molecule has 0 aliphatic rings. The summed E-state index contributed by atoms with van der Waals surface area (Å²) < 4.78 is 1.68. The van der Waals surface area contributed by atoms with Crippen LogP contribution in [0.3, 0.4) is 0 Å². The van der Waals surface area contributed by atoms with Gasteiger partial charge in [-0.2, -0.15) is 4.68 Å². The lowest BCUT2D eigenvalue weighted by molar-refractivity contribution is -0.114. The Kier molecular flexibility index (Phi) is 7.14. The number of carbonyl (C=O) groups is 1. The summed E-state index contributed by atoms with van der Waals surface area (Å²) in [4.78, 5) is 12.3. The first-order valence-corrected chi connectivity index (χ1v) is 10.6. The van der Waals surface area contributed by atoms with Crippen molar-refractivity contribution in [3.8, 4) is 5.69 Å². The number of hydrogen-bond donors (Lipinski definition) is 1. The van der Waals surface area contributed by atoms with Crippen LogP contribution in [0, 0.1) is 0 Å². The summed E-state index contributed by atoms with van der Waals surface area (Å²) in [7, 11) is 0. The number of rotatable bonds is 8. The van der Waals surface area contributed by atoms with Gasteiger partial charge in [-0.15, -0.1) is 16.9 Å². The van der Waals surface area contributed by atoms with E-state index in [1.54, 1.807) is 28.2 Å². The summed E-state index contributed by atoms with van der Waals surface area (Å²) in [6.45, 7) is 1.48. The normalized spacial score (nSPS) is 10.7. The highest BCUT2D eigenvalue weighted by atomic mass is 35.5. The Hall–Kier alpha value is -2.03. The molecule has 0 atom stereocenters. The summed E-state index contributed by atoms with van der Waals surface area (Å²) in [6, 6.07) is 15.3. The van der Waals surface area contributed by atoms with E-state index < -0.39 is 0 Å². The van der Waals surface area contributed by atoms with E-state index in [-0.39, 0.29) is 5.91 Å². The highest BCUT2D eigenvalue weighted by Crippen LogP contribution is 2.28. The van der Waals surface area contributed by atoms with Gasteiger partial charge in [-0.05, 0) is 52.9 Å². The summed E-state index contributed by atoms with van der Waals surface area (Å²) in [5.74, 6) is 1.74. The molecule has 2 aromatic carbocycles. The van der Waals surface area contributed by atoms with Gasteiger partial charge in [0.15, 0.2) is 0 Å². The molecule has 0 aliphatic heterocycles. The molecular formula is C18H18ClN5OS2. The molecule has 0 spiro atoms. The number of thioether (sulfide) groups is 2. The van der Waals surface area contributed by atoms with Crippen LogP contribution in [0.25, 0.3) is 5.69 Å². The van der Waals surface area contributed by atoms with Crippen LogP contribution >= 0.6 is 35.1 Å². The molecule has 0 saturated heterocycles. The van der Waals surface area contributed by atoms with Crippen LogP contribution in [0.4, 0.5) is 5.69 Å². The van der Waals surface area contributed by atoms with Crippen molar-refractivity contribution in [3.05, 3.63) is 53.6 Å². The Morgan fingerprint density at radius 2 is 1.96 bits per heavy atom. The van der Waals surface area contributed by atoms with Gasteiger partial charge >= 0.3 is 0 Å². The van der Waals surface area contributed by atoms with Crippen LogP contribution in [0.5, 0.6) is 0 Å². The Bertz CT molecular complexity index is 918. The van der Waals surface area contributed by atoms with E-state index in [0.29, 0.717) is 5.69 Å². The SMILES string of the molecule is CC(=O)Nc1cccc(-n2nnnc2SCCCSc2ccccc2Cl)c1. The molecule has 0 radical (unpaired) electrons. The monoisotopic (exact) mass is 419 g/mol. The van der Waals surface area contributed by atoms with Gasteiger partial charge in [0.05, 0.1) is 10.7 Å². The number of hydrogen-bond acceptors (Lipinski definition) is 6. The van der Waals surface area contributed by atoms with Gasteiger partial charge < -0.3 is 5.32 Å². The molecule has 9 heteroatoms. The number of amides is 1. The Morgan fingerprint density at radius 1 is 1.15 bits per heavy atom. The number of halogens is 1. The molecule has 1 heterocycles. The zero-order chi connectivity index (χ0) is 19.1. The van der Waals surface area contributed by atoms with Crippen LogP contribution in [-0.2, 0) is 4.79 Å². The molecule has 0 unspecified atom stereocenters. The average Bonchev–Trinajstić information content (AvgIpc) is 3.11. The van der Waals surface area contributed by atoms with E-state index >= 15 is 0 Å². The molecule has 140 valence electrons. The smallest absolute Gasteiger partial charge is 0.221 e. The van der Waals surface area contributed by atoms with Gasteiger partial charge in [0.25, 0.3) is 0 Å². The van der Waals surface area contributed by atoms with E-state index in [0.717, 1.165) is 38.7 Å². The topological polar surface area (TPSA) is 72.7 Å². The predicted molar refractivity (Wildman–Crippen MR) is 111 cm³/mol. The molecule has 27 heavy (non-hydrogen) atoms. The van der Waals surface area contributed by atoms with Gasteiger partial charge in [-0.1, -0.05) is 41.6 Å². The van der Waals surface area contributed by atoms with Crippen LogP contribution < -0.4 is 5.32 Å². The number of aromatic nitrogens is 4. The zero-order valence-electron chi connectivity index (χ0n) is 14.6. The van der Waals surface area contributed by atoms with Gasteiger partial charge in [0.1, 0.15) is 0 Å². The molecule has 0 bridgehead atoms. The largest absolute Gasteiger partial charge is 0.326 e. The molecule has 1 N–H and O–H groups in total. The van der Waals surface area contributed by atoms with Crippen molar-refractivity contribution >= 4 is 46.7 Å². The molecular weight excluding hydrogens is 402 g/mol. The number of nitrogens with zero attached hydrogens (tertiary/aromatic N) is 4.